The van der Waals surface area contributed by atoms with Crippen molar-refractivity contribution < 1.29 is 28.6 Å². The molecular formula is C31H37FO5. The number of carbonyl (C=O) groups excluding carboxylic acids is 3. The molecule has 37 heavy (non-hydrogen) atoms. The molecule has 3 fully saturated rings. The Labute approximate surface area is 217 Å². The molecule has 0 aliphatic heterocycles. The van der Waals surface area contributed by atoms with Crippen LogP contribution in [-0.4, -0.2) is 41.0 Å². The van der Waals surface area contributed by atoms with E-state index in [2.05, 4.69) is 19.1 Å². The summed E-state index contributed by atoms with van der Waals surface area (Å²) in [4.78, 5) is 38.0. The van der Waals surface area contributed by atoms with Gasteiger partial charge in [0.25, 0.3) is 0 Å². The van der Waals surface area contributed by atoms with Gasteiger partial charge in [-0.1, -0.05) is 43.7 Å². The third-order valence-electron chi connectivity index (χ3n) is 11.6. The van der Waals surface area contributed by atoms with E-state index >= 15 is 4.39 Å². The quantitative estimate of drug-likeness (QED) is 0.598. The van der Waals surface area contributed by atoms with Gasteiger partial charge in [-0.15, -0.1) is 0 Å². The molecule has 3 saturated carbocycles. The molecule has 0 aromatic heterocycles. The van der Waals surface area contributed by atoms with Crippen molar-refractivity contribution in [1.82, 2.24) is 0 Å². The number of benzene rings is 1. The SMILES string of the molecule is CC(=O)OCC(=O)[C@@]12Cc3ccccc3C[C@@H]1C[C@H]1[C@@H]3CCC4=CC(=O)CC[C@]4(C)[C@@]3(F)[C@@H](O)C[C@@]12C. The molecule has 0 saturated heterocycles. The van der Waals surface area contributed by atoms with Crippen molar-refractivity contribution in [2.24, 2.45) is 34.0 Å². The molecule has 1 N–H and O–H groups in total. The first-order chi connectivity index (χ1) is 17.5. The van der Waals surface area contributed by atoms with Crippen molar-refractivity contribution in [2.75, 3.05) is 6.61 Å². The van der Waals surface area contributed by atoms with Gasteiger partial charge in [0.2, 0.25) is 0 Å². The molecule has 0 bridgehead atoms. The Morgan fingerprint density at radius 1 is 1.14 bits per heavy atom. The largest absolute Gasteiger partial charge is 0.458 e. The Morgan fingerprint density at radius 3 is 2.59 bits per heavy atom. The van der Waals surface area contributed by atoms with Gasteiger partial charge < -0.3 is 9.84 Å². The minimum atomic E-state index is -1.84. The summed E-state index contributed by atoms with van der Waals surface area (Å²) in [7, 11) is 0. The number of ketones is 2. The Balaban J connectivity index is 1.47. The molecule has 6 rings (SSSR count). The van der Waals surface area contributed by atoms with E-state index in [1.165, 1.54) is 12.5 Å². The summed E-state index contributed by atoms with van der Waals surface area (Å²) in [6, 6.07) is 8.19. The predicted molar refractivity (Wildman–Crippen MR) is 135 cm³/mol. The number of hydrogen-bond acceptors (Lipinski definition) is 5. The van der Waals surface area contributed by atoms with E-state index < -0.39 is 39.9 Å². The van der Waals surface area contributed by atoms with E-state index in [-0.39, 0.29) is 36.4 Å². The van der Waals surface area contributed by atoms with Gasteiger partial charge in [0.05, 0.1) is 6.10 Å². The van der Waals surface area contributed by atoms with Crippen molar-refractivity contribution in [3.63, 3.8) is 0 Å². The van der Waals surface area contributed by atoms with Gasteiger partial charge in [-0.05, 0) is 79.4 Å². The van der Waals surface area contributed by atoms with Crippen LogP contribution in [0, 0.1) is 34.0 Å². The molecule has 0 heterocycles. The predicted octanol–water partition coefficient (Wildman–Crippen LogP) is 4.72. The fourth-order valence-corrected chi connectivity index (χ4v) is 9.88. The number of allylic oxidation sites excluding steroid dienone is 1. The number of fused-ring (bicyclic) bond motifs is 8. The maximum atomic E-state index is 17.6. The second-order valence-corrected chi connectivity index (χ2v) is 12.9. The van der Waals surface area contributed by atoms with Gasteiger partial charge in [0, 0.05) is 30.1 Å². The highest BCUT2D eigenvalue weighted by atomic mass is 19.1. The van der Waals surface area contributed by atoms with E-state index in [0.717, 1.165) is 17.6 Å². The zero-order valence-electron chi connectivity index (χ0n) is 22.0. The lowest BCUT2D eigenvalue weighted by atomic mass is 9.41. The normalized spacial score (nSPS) is 43.9. The maximum Gasteiger partial charge on any atom is 0.303 e. The first-order valence-corrected chi connectivity index (χ1v) is 13.8. The number of carbonyl (C=O) groups is 3. The molecule has 198 valence electrons. The molecule has 0 unspecified atom stereocenters. The molecule has 1 aromatic rings. The lowest BCUT2D eigenvalue weighted by molar-refractivity contribution is -0.218. The number of ether oxygens (including phenoxy) is 1. The Bertz CT molecular complexity index is 1220. The maximum absolute atomic E-state index is 17.6. The summed E-state index contributed by atoms with van der Waals surface area (Å²) < 4.78 is 22.9. The first kappa shape index (κ1) is 25.0. The molecule has 5 aliphatic carbocycles. The summed E-state index contributed by atoms with van der Waals surface area (Å²) in [5.74, 6) is -1.04. The average Bonchev–Trinajstić information content (AvgIpc) is 3.10. The number of rotatable bonds is 3. The minimum Gasteiger partial charge on any atom is -0.458 e. The lowest BCUT2D eigenvalue weighted by Gasteiger charge is -2.64. The van der Waals surface area contributed by atoms with Gasteiger partial charge in [-0.3, -0.25) is 14.4 Å². The van der Waals surface area contributed by atoms with Crippen LogP contribution in [0.2, 0.25) is 0 Å². The third kappa shape index (κ3) is 3.08. The molecule has 6 heteroatoms. The zero-order chi connectivity index (χ0) is 26.4. The summed E-state index contributed by atoms with van der Waals surface area (Å²) in [6.45, 7) is 5.02. The number of aliphatic hydroxyl groups is 1. The second-order valence-electron chi connectivity index (χ2n) is 12.9. The van der Waals surface area contributed by atoms with Crippen molar-refractivity contribution in [3.05, 3.63) is 47.0 Å². The molecule has 0 spiro atoms. The number of alkyl halides is 1. The molecule has 0 radical (unpaired) electrons. The van der Waals surface area contributed by atoms with Crippen LogP contribution < -0.4 is 0 Å². The Morgan fingerprint density at radius 2 is 1.86 bits per heavy atom. The zero-order valence-corrected chi connectivity index (χ0v) is 22.0. The van der Waals surface area contributed by atoms with Crippen LogP contribution in [0.15, 0.2) is 35.9 Å². The van der Waals surface area contributed by atoms with Crippen LogP contribution in [0.3, 0.4) is 0 Å². The van der Waals surface area contributed by atoms with Gasteiger partial charge in [0.1, 0.15) is 5.67 Å². The topological polar surface area (TPSA) is 80.7 Å². The van der Waals surface area contributed by atoms with Gasteiger partial charge in [0.15, 0.2) is 18.2 Å². The van der Waals surface area contributed by atoms with Crippen LogP contribution in [0.5, 0.6) is 0 Å². The highest BCUT2D eigenvalue weighted by Crippen LogP contribution is 2.75. The monoisotopic (exact) mass is 508 g/mol. The van der Waals surface area contributed by atoms with Gasteiger partial charge in [-0.25, -0.2) is 4.39 Å². The van der Waals surface area contributed by atoms with E-state index in [0.29, 0.717) is 38.5 Å². The van der Waals surface area contributed by atoms with Crippen molar-refractivity contribution in [2.45, 2.75) is 83.9 Å². The number of aliphatic hydroxyl groups excluding tert-OH is 1. The molecule has 5 nitrogen and oxygen atoms in total. The van der Waals surface area contributed by atoms with Crippen molar-refractivity contribution in [3.8, 4) is 0 Å². The minimum absolute atomic E-state index is 0.00677. The molecule has 0 amide bonds. The van der Waals surface area contributed by atoms with Crippen LogP contribution in [0.4, 0.5) is 4.39 Å². The smallest absolute Gasteiger partial charge is 0.303 e. The van der Waals surface area contributed by atoms with Crippen LogP contribution in [0.1, 0.15) is 70.4 Å². The highest BCUT2D eigenvalue weighted by Gasteiger charge is 2.76. The van der Waals surface area contributed by atoms with Gasteiger partial charge >= 0.3 is 5.97 Å². The van der Waals surface area contributed by atoms with Gasteiger partial charge in [-0.2, -0.15) is 0 Å². The molecule has 5 aliphatic rings. The van der Waals surface area contributed by atoms with E-state index in [1.54, 1.807) is 6.08 Å². The summed E-state index contributed by atoms with van der Waals surface area (Å²) in [6.07, 6.45) is 4.48. The van der Waals surface area contributed by atoms with E-state index in [4.69, 9.17) is 4.74 Å². The number of halogens is 1. The number of esters is 1. The molecule has 8 atom stereocenters. The van der Waals surface area contributed by atoms with E-state index in [9.17, 15) is 19.5 Å². The van der Waals surface area contributed by atoms with Crippen LogP contribution >= 0.6 is 0 Å². The fourth-order valence-electron chi connectivity index (χ4n) is 9.88. The number of Topliss-reactive ketones (excluding diaryl/α,β-unsaturated/α-hetero) is 1. The highest BCUT2D eigenvalue weighted by molar-refractivity contribution is 5.92. The molecule has 1 aromatic carbocycles. The Kier molecular flexibility index (Phi) is 5.45. The van der Waals surface area contributed by atoms with Crippen LogP contribution in [-0.2, 0) is 32.0 Å². The molecular weight excluding hydrogens is 471 g/mol. The van der Waals surface area contributed by atoms with E-state index in [1.807, 2.05) is 19.1 Å². The first-order valence-electron chi connectivity index (χ1n) is 13.8. The van der Waals surface area contributed by atoms with Crippen molar-refractivity contribution >= 4 is 17.5 Å². The fraction of sp³-hybridized carbons (Fsp3) is 0.645. The number of hydrogen-bond donors (Lipinski definition) is 1. The Hall–Kier alpha value is -2.34. The average molecular weight is 509 g/mol. The van der Waals surface area contributed by atoms with Crippen LogP contribution in [0.25, 0.3) is 0 Å². The van der Waals surface area contributed by atoms with Crippen molar-refractivity contribution in [1.29, 1.82) is 0 Å². The second kappa shape index (κ2) is 8.08. The summed E-state index contributed by atoms with van der Waals surface area (Å²) in [5, 5.41) is 11.8. The summed E-state index contributed by atoms with van der Waals surface area (Å²) in [5.41, 5.74) is -1.00. The third-order valence-corrected chi connectivity index (χ3v) is 11.6. The summed E-state index contributed by atoms with van der Waals surface area (Å²) >= 11 is 0. The standard InChI is InChI=1S/C31H37FO5/c1-18(33)37-17-27(36)30-15-20-7-5-4-6-19(20)12-22(30)14-25-24-9-8-21-13-23(34)10-11-28(21,2)31(24,32)26(35)16-29(25,30)3/h4-7,13,22,24-26,35H,8-12,14-17H2,1-3H3/t22-,24+,25+,26+,28+,29+,30-,31+/m1/s1. The lowest BCUT2D eigenvalue weighted by Crippen LogP contribution is -2.69.